The number of nitrogens with one attached hydrogen (secondary N) is 2. The Hall–Kier alpha value is -3.10. The molecule has 2 aromatic rings. The van der Waals surface area contributed by atoms with Crippen LogP contribution in [0.4, 0.5) is 5.69 Å². The third kappa shape index (κ3) is 4.67. The number of nitrogens with zero attached hydrogens (tertiary/aromatic N) is 1. The van der Waals surface area contributed by atoms with Gasteiger partial charge in [-0.15, -0.1) is 11.8 Å². The Morgan fingerprint density at radius 3 is 2.59 bits per heavy atom. The van der Waals surface area contributed by atoms with Crippen LogP contribution in [0.15, 0.2) is 65.6 Å². The highest BCUT2D eigenvalue weighted by Gasteiger charge is 2.72. The molecule has 6 rings (SSSR count). The first-order chi connectivity index (χ1) is 18.9. The van der Waals surface area contributed by atoms with E-state index in [0.717, 1.165) is 41.7 Å². The van der Waals surface area contributed by atoms with E-state index < -0.39 is 29.6 Å². The largest absolute Gasteiger partial charge is 0.359 e. The number of likely N-dealkylation sites (tertiary alicyclic amines) is 1. The Morgan fingerprint density at radius 1 is 1.08 bits per heavy atom. The third-order valence-corrected chi connectivity index (χ3v) is 9.41. The predicted molar refractivity (Wildman–Crippen MR) is 151 cm³/mol. The minimum absolute atomic E-state index is 0.100. The summed E-state index contributed by atoms with van der Waals surface area (Å²) in [5.74, 6) is -2.13. The molecule has 2 bridgehead atoms. The van der Waals surface area contributed by atoms with Gasteiger partial charge in [0, 0.05) is 23.2 Å². The average Bonchev–Trinajstić information content (AvgIpc) is 3.58. The van der Waals surface area contributed by atoms with Crippen LogP contribution in [-0.4, -0.2) is 52.7 Å². The Morgan fingerprint density at radius 2 is 1.85 bits per heavy atom. The molecule has 3 fully saturated rings. The molecular weight excluding hydrogens is 510 g/mol. The molecule has 2 saturated heterocycles. The summed E-state index contributed by atoms with van der Waals surface area (Å²) in [6, 6.07) is 14.9. The maximum atomic E-state index is 14.2. The first-order valence-corrected chi connectivity index (χ1v) is 15.1. The minimum atomic E-state index is -1.16. The van der Waals surface area contributed by atoms with Gasteiger partial charge in [-0.25, -0.2) is 0 Å². The number of rotatable bonds is 7. The van der Waals surface area contributed by atoms with Crippen molar-refractivity contribution in [1.82, 2.24) is 10.2 Å². The zero-order valence-corrected chi connectivity index (χ0v) is 23.2. The van der Waals surface area contributed by atoms with Crippen LogP contribution >= 0.6 is 11.8 Å². The van der Waals surface area contributed by atoms with Crippen LogP contribution in [0.25, 0.3) is 0 Å². The maximum Gasteiger partial charge on any atom is 0.246 e. The van der Waals surface area contributed by atoms with Crippen molar-refractivity contribution in [2.75, 3.05) is 11.6 Å². The van der Waals surface area contributed by atoms with Crippen LogP contribution in [0.3, 0.4) is 0 Å². The number of carbonyl (C=O) groups is 3. The van der Waals surface area contributed by atoms with Crippen molar-refractivity contribution in [1.29, 1.82) is 0 Å². The van der Waals surface area contributed by atoms with E-state index in [1.54, 1.807) is 16.7 Å². The second kappa shape index (κ2) is 10.5. The fraction of sp³-hybridized carbons (Fsp3) is 0.452. The number of amides is 3. The zero-order valence-electron chi connectivity index (χ0n) is 22.4. The number of hydrogen-bond donors (Lipinski definition) is 2. The molecule has 3 amide bonds. The topological polar surface area (TPSA) is 87.7 Å². The number of benzene rings is 2. The van der Waals surface area contributed by atoms with E-state index in [-0.39, 0.29) is 30.3 Å². The molecule has 0 radical (unpaired) electrons. The zero-order chi connectivity index (χ0) is 27.1. The van der Waals surface area contributed by atoms with Gasteiger partial charge in [-0.3, -0.25) is 14.4 Å². The molecule has 1 aliphatic carbocycles. The van der Waals surface area contributed by atoms with E-state index in [1.807, 2.05) is 73.9 Å². The van der Waals surface area contributed by atoms with Crippen LogP contribution in [0.1, 0.15) is 43.2 Å². The molecule has 5 atom stereocenters. The lowest BCUT2D eigenvalue weighted by Crippen LogP contribution is -2.56. The van der Waals surface area contributed by atoms with Gasteiger partial charge in [-0.2, -0.15) is 0 Å². The second-order valence-corrected chi connectivity index (χ2v) is 12.1. The van der Waals surface area contributed by atoms with Crippen LogP contribution < -0.4 is 10.6 Å². The van der Waals surface area contributed by atoms with Crippen molar-refractivity contribution in [2.45, 2.75) is 74.3 Å². The molecule has 7 nitrogen and oxygen atoms in total. The van der Waals surface area contributed by atoms with Crippen molar-refractivity contribution >= 4 is 35.2 Å². The van der Waals surface area contributed by atoms with E-state index in [9.17, 15) is 14.4 Å². The molecule has 4 aliphatic rings. The number of aryl methyl sites for hydroxylation is 1. The number of anilines is 1. The highest BCUT2D eigenvalue weighted by Crippen LogP contribution is 2.55. The summed E-state index contributed by atoms with van der Waals surface area (Å²) in [5.41, 5.74) is 1.59. The minimum Gasteiger partial charge on any atom is -0.359 e. The van der Waals surface area contributed by atoms with E-state index in [1.165, 1.54) is 6.42 Å². The summed E-state index contributed by atoms with van der Waals surface area (Å²) in [6.07, 6.45) is 10.4. The van der Waals surface area contributed by atoms with Crippen molar-refractivity contribution in [3.05, 3.63) is 71.8 Å². The van der Waals surface area contributed by atoms with Crippen molar-refractivity contribution < 1.29 is 19.1 Å². The number of fused-ring (bicyclic) bond motifs is 1. The normalized spacial score (nSPS) is 29.5. The van der Waals surface area contributed by atoms with Crippen molar-refractivity contribution in [3.8, 4) is 0 Å². The first kappa shape index (κ1) is 26.1. The number of ether oxygens (including phenoxy) is 1. The van der Waals surface area contributed by atoms with Crippen LogP contribution in [0.2, 0.25) is 0 Å². The second-order valence-electron chi connectivity index (χ2n) is 11.2. The van der Waals surface area contributed by atoms with E-state index in [4.69, 9.17) is 4.74 Å². The Bertz CT molecular complexity index is 1310. The lowest BCUT2D eigenvalue weighted by atomic mass is 9.74. The Kier molecular flexibility index (Phi) is 7.02. The molecule has 3 heterocycles. The molecule has 0 aromatic heterocycles. The predicted octanol–water partition coefficient (Wildman–Crippen LogP) is 4.46. The fourth-order valence-corrected chi connectivity index (χ4v) is 7.24. The van der Waals surface area contributed by atoms with Crippen LogP contribution in [-0.2, 0) is 25.7 Å². The molecule has 1 saturated carbocycles. The third-order valence-electron chi connectivity index (χ3n) is 8.69. The molecule has 39 heavy (non-hydrogen) atoms. The van der Waals surface area contributed by atoms with Crippen LogP contribution in [0, 0.1) is 18.8 Å². The number of thioether (sulfide) groups is 1. The molecule has 8 heteroatoms. The summed E-state index contributed by atoms with van der Waals surface area (Å²) in [5, 5.41) is 6.26. The van der Waals surface area contributed by atoms with Gasteiger partial charge in [0.1, 0.15) is 11.6 Å². The van der Waals surface area contributed by atoms with Crippen molar-refractivity contribution in [2.24, 2.45) is 11.8 Å². The van der Waals surface area contributed by atoms with E-state index in [2.05, 4.69) is 10.6 Å². The molecule has 1 spiro atoms. The van der Waals surface area contributed by atoms with Crippen molar-refractivity contribution in [3.63, 3.8) is 0 Å². The SMILES string of the molecule is CSc1cccc(NC(=O)[C@H]2[C@@H]3C=C[C@]4(O3)[C@@H]2C(=O)N(Cc2ccc(C)cc2)[C@H]4C(=O)NC2CCCCC2)c1. The van der Waals surface area contributed by atoms with Gasteiger partial charge >= 0.3 is 0 Å². The van der Waals surface area contributed by atoms with Gasteiger partial charge in [0.05, 0.1) is 17.9 Å². The summed E-state index contributed by atoms with van der Waals surface area (Å²) >= 11 is 1.60. The standard InChI is InChI=1S/C31H35N3O4S/c1-19-11-13-20(14-12-19)18-34-27(29(36)32-21-7-4-3-5-8-21)31-16-15-24(38-31)25(26(31)30(34)37)28(35)33-22-9-6-10-23(17-22)39-2/h6,9-17,21,24-27H,3-5,7-8,18H2,1-2H3,(H,32,36)(H,33,35)/t24-,25-,26-,27-,31-/m0/s1. The smallest absolute Gasteiger partial charge is 0.246 e. The molecule has 204 valence electrons. The Labute approximate surface area is 233 Å². The summed E-state index contributed by atoms with van der Waals surface area (Å²) < 4.78 is 6.48. The van der Waals surface area contributed by atoms with Gasteiger partial charge < -0.3 is 20.3 Å². The molecule has 2 N–H and O–H groups in total. The highest BCUT2D eigenvalue weighted by atomic mass is 32.2. The number of hydrogen-bond acceptors (Lipinski definition) is 5. The average molecular weight is 546 g/mol. The summed E-state index contributed by atoms with van der Waals surface area (Å²) in [4.78, 5) is 44.5. The fourth-order valence-electron chi connectivity index (χ4n) is 6.78. The molecule has 0 unspecified atom stereocenters. The van der Waals surface area contributed by atoms with Gasteiger partial charge in [0.2, 0.25) is 17.7 Å². The van der Waals surface area contributed by atoms with Crippen LogP contribution in [0.5, 0.6) is 0 Å². The first-order valence-electron chi connectivity index (χ1n) is 13.9. The lowest BCUT2D eigenvalue weighted by Gasteiger charge is -2.34. The Balaban J connectivity index is 1.32. The quantitative estimate of drug-likeness (QED) is 0.396. The van der Waals surface area contributed by atoms with Gasteiger partial charge in [0.25, 0.3) is 0 Å². The van der Waals surface area contributed by atoms with Gasteiger partial charge in [-0.1, -0.05) is 67.3 Å². The van der Waals surface area contributed by atoms with E-state index >= 15 is 0 Å². The molecular formula is C31H35N3O4S. The van der Waals surface area contributed by atoms with E-state index in [0.29, 0.717) is 5.69 Å². The lowest BCUT2D eigenvalue weighted by molar-refractivity contribution is -0.142. The monoisotopic (exact) mass is 545 g/mol. The maximum absolute atomic E-state index is 14.2. The summed E-state index contributed by atoms with van der Waals surface area (Å²) in [7, 11) is 0. The molecule has 2 aromatic carbocycles. The summed E-state index contributed by atoms with van der Waals surface area (Å²) in [6.45, 7) is 2.30. The molecule has 3 aliphatic heterocycles. The number of carbonyl (C=O) groups excluding carboxylic acids is 3. The highest BCUT2D eigenvalue weighted by molar-refractivity contribution is 7.98. The van der Waals surface area contributed by atoms with Gasteiger partial charge in [-0.05, 0) is 49.8 Å². The van der Waals surface area contributed by atoms with Gasteiger partial charge in [0.15, 0.2) is 0 Å².